The molecule has 0 saturated carbocycles. The van der Waals surface area contributed by atoms with E-state index in [2.05, 4.69) is 9.97 Å². The summed E-state index contributed by atoms with van der Waals surface area (Å²) in [5.41, 5.74) is 2.81. The highest BCUT2D eigenvalue weighted by molar-refractivity contribution is 7.11. The van der Waals surface area contributed by atoms with Gasteiger partial charge in [0.2, 0.25) is 5.01 Å². The Kier molecular flexibility index (Phi) is 2.74. The number of nitrogens with zero attached hydrogens (tertiary/aromatic N) is 3. The van der Waals surface area contributed by atoms with Gasteiger partial charge in [0.1, 0.15) is 0 Å². The van der Waals surface area contributed by atoms with Crippen LogP contribution in [0, 0.1) is 13.8 Å². The highest BCUT2D eigenvalue weighted by atomic mass is 32.1. The third-order valence-corrected chi connectivity index (χ3v) is 3.29. The first-order valence-corrected chi connectivity index (χ1v) is 5.62. The van der Waals surface area contributed by atoms with Crippen LogP contribution < -0.4 is 0 Å². The first-order chi connectivity index (χ1) is 7.58. The third kappa shape index (κ3) is 1.96. The second kappa shape index (κ2) is 4.05. The van der Waals surface area contributed by atoms with E-state index < -0.39 is 5.97 Å². The number of aromatic carboxylic acids is 1. The Morgan fingerprint density at radius 2 is 2.31 bits per heavy atom. The zero-order valence-electron chi connectivity index (χ0n) is 8.97. The van der Waals surface area contributed by atoms with E-state index in [1.807, 2.05) is 18.4 Å². The van der Waals surface area contributed by atoms with E-state index in [1.54, 1.807) is 11.7 Å². The van der Waals surface area contributed by atoms with Gasteiger partial charge in [-0.15, -0.1) is 11.3 Å². The highest BCUT2D eigenvalue weighted by Crippen LogP contribution is 2.13. The average molecular weight is 237 g/mol. The number of aromatic nitrogens is 3. The maximum absolute atomic E-state index is 10.7. The van der Waals surface area contributed by atoms with Crippen LogP contribution in [0.2, 0.25) is 0 Å². The van der Waals surface area contributed by atoms with Gasteiger partial charge in [0, 0.05) is 11.1 Å². The van der Waals surface area contributed by atoms with Crippen molar-refractivity contribution in [1.82, 2.24) is 14.5 Å². The quantitative estimate of drug-likeness (QED) is 0.882. The predicted octanol–water partition coefficient (Wildman–Crippen LogP) is 1.70. The molecular formula is C10H11N3O2S. The number of carboxylic acids is 1. The van der Waals surface area contributed by atoms with Crippen molar-refractivity contribution in [2.75, 3.05) is 0 Å². The third-order valence-electron chi connectivity index (χ3n) is 2.41. The van der Waals surface area contributed by atoms with Gasteiger partial charge in [0.25, 0.3) is 0 Å². The van der Waals surface area contributed by atoms with Gasteiger partial charge in [-0.1, -0.05) is 0 Å². The largest absolute Gasteiger partial charge is 0.476 e. The molecule has 6 heteroatoms. The molecule has 16 heavy (non-hydrogen) atoms. The van der Waals surface area contributed by atoms with Crippen LogP contribution in [0.15, 0.2) is 11.7 Å². The minimum Gasteiger partial charge on any atom is -0.476 e. The van der Waals surface area contributed by atoms with E-state index in [4.69, 9.17) is 5.11 Å². The van der Waals surface area contributed by atoms with E-state index in [9.17, 15) is 4.79 Å². The summed E-state index contributed by atoms with van der Waals surface area (Å²) in [5, 5.41) is 10.6. The van der Waals surface area contributed by atoms with Gasteiger partial charge >= 0.3 is 5.97 Å². The van der Waals surface area contributed by atoms with Crippen molar-refractivity contribution in [3.8, 4) is 0 Å². The smallest absolute Gasteiger partial charge is 0.365 e. The van der Waals surface area contributed by atoms with E-state index in [1.165, 1.54) is 0 Å². The van der Waals surface area contributed by atoms with Crippen molar-refractivity contribution in [1.29, 1.82) is 0 Å². The molecule has 0 unspecified atom stereocenters. The molecule has 84 valence electrons. The summed E-state index contributed by atoms with van der Waals surface area (Å²) < 4.78 is 1.95. The van der Waals surface area contributed by atoms with Crippen LogP contribution in [0.1, 0.15) is 26.9 Å². The van der Waals surface area contributed by atoms with Crippen molar-refractivity contribution in [3.63, 3.8) is 0 Å². The van der Waals surface area contributed by atoms with Crippen LogP contribution in [0.5, 0.6) is 0 Å². The summed E-state index contributed by atoms with van der Waals surface area (Å²) in [7, 11) is 0. The highest BCUT2D eigenvalue weighted by Gasteiger charge is 2.10. The molecule has 0 amide bonds. The molecule has 0 aliphatic carbocycles. The maximum Gasteiger partial charge on any atom is 0.365 e. The van der Waals surface area contributed by atoms with Crippen LogP contribution in [0.4, 0.5) is 0 Å². The molecule has 0 bridgehead atoms. The van der Waals surface area contributed by atoms with Crippen LogP contribution >= 0.6 is 11.3 Å². The van der Waals surface area contributed by atoms with Crippen molar-refractivity contribution >= 4 is 17.3 Å². The van der Waals surface area contributed by atoms with Gasteiger partial charge < -0.3 is 9.67 Å². The predicted molar refractivity (Wildman–Crippen MR) is 59.9 cm³/mol. The summed E-state index contributed by atoms with van der Waals surface area (Å²) in [6, 6.07) is 0. The summed E-state index contributed by atoms with van der Waals surface area (Å²) in [5.74, 6) is -0.977. The molecule has 2 heterocycles. The zero-order chi connectivity index (χ0) is 11.7. The van der Waals surface area contributed by atoms with E-state index in [0.29, 0.717) is 6.54 Å². The lowest BCUT2D eigenvalue weighted by Crippen LogP contribution is -2.02. The molecule has 1 N–H and O–H groups in total. The number of hydrogen-bond donors (Lipinski definition) is 1. The second-order valence-corrected chi connectivity index (χ2v) is 4.35. The zero-order valence-corrected chi connectivity index (χ0v) is 9.78. The number of rotatable bonds is 3. The van der Waals surface area contributed by atoms with Crippen LogP contribution in [0.3, 0.4) is 0 Å². The fraction of sp³-hybridized carbons (Fsp3) is 0.300. The summed E-state index contributed by atoms with van der Waals surface area (Å²) >= 11 is 1.15. The van der Waals surface area contributed by atoms with Gasteiger partial charge in [0.15, 0.2) is 0 Å². The summed E-state index contributed by atoms with van der Waals surface area (Å²) in [6.45, 7) is 4.48. The summed E-state index contributed by atoms with van der Waals surface area (Å²) in [6.07, 6.45) is 1.74. The van der Waals surface area contributed by atoms with Gasteiger partial charge in [-0.25, -0.2) is 14.8 Å². The van der Waals surface area contributed by atoms with Gasteiger partial charge in [-0.05, 0) is 13.8 Å². The molecular weight excluding hydrogens is 226 g/mol. The first kappa shape index (κ1) is 10.8. The van der Waals surface area contributed by atoms with Crippen molar-refractivity contribution in [2.24, 2.45) is 0 Å². The van der Waals surface area contributed by atoms with Gasteiger partial charge in [0.05, 0.1) is 24.3 Å². The molecule has 0 spiro atoms. The SMILES string of the molecule is Cc1ncn(Cc2csc(C(=O)O)n2)c1C. The van der Waals surface area contributed by atoms with Crippen LogP contribution in [-0.4, -0.2) is 25.6 Å². The molecule has 2 rings (SSSR count). The Bertz CT molecular complexity index is 530. The molecule has 0 aliphatic heterocycles. The standard InChI is InChI=1S/C10H11N3O2S/c1-6-7(2)13(5-11-6)3-8-4-16-9(12-8)10(14)15/h4-5H,3H2,1-2H3,(H,14,15). The number of imidazole rings is 1. The topological polar surface area (TPSA) is 68.0 Å². The molecule has 2 aromatic heterocycles. The Labute approximate surface area is 96.4 Å². The van der Waals surface area contributed by atoms with Crippen LogP contribution in [0.25, 0.3) is 0 Å². The monoisotopic (exact) mass is 237 g/mol. The maximum atomic E-state index is 10.7. The average Bonchev–Trinajstić information content (AvgIpc) is 2.81. The van der Waals surface area contributed by atoms with Crippen molar-refractivity contribution < 1.29 is 9.90 Å². The Morgan fingerprint density at radius 3 is 2.81 bits per heavy atom. The fourth-order valence-electron chi connectivity index (χ4n) is 1.36. The van der Waals surface area contributed by atoms with E-state index in [-0.39, 0.29) is 5.01 Å². The Balaban J connectivity index is 2.21. The Hall–Kier alpha value is -1.69. The lowest BCUT2D eigenvalue weighted by atomic mass is 10.3. The molecule has 0 saturated heterocycles. The second-order valence-electron chi connectivity index (χ2n) is 3.49. The van der Waals surface area contributed by atoms with Gasteiger partial charge in [-0.3, -0.25) is 0 Å². The Morgan fingerprint density at radius 1 is 1.56 bits per heavy atom. The molecule has 5 nitrogen and oxygen atoms in total. The number of carbonyl (C=O) groups is 1. The molecule has 2 aromatic rings. The molecule has 0 aliphatic rings. The first-order valence-electron chi connectivity index (χ1n) is 4.74. The van der Waals surface area contributed by atoms with E-state index in [0.717, 1.165) is 28.4 Å². The number of carboxylic acid groups (broad SMARTS) is 1. The van der Waals surface area contributed by atoms with Crippen LogP contribution in [-0.2, 0) is 6.54 Å². The minimum absolute atomic E-state index is 0.129. The fourth-order valence-corrected chi connectivity index (χ4v) is 2.00. The normalized spacial score (nSPS) is 10.6. The summed E-state index contributed by atoms with van der Waals surface area (Å²) in [4.78, 5) is 18.9. The lowest BCUT2D eigenvalue weighted by Gasteiger charge is -2.01. The lowest BCUT2D eigenvalue weighted by molar-refractivity contribution is 0.0696. The molecule has 0 fully saturated rings. The van der Waals surface area contributed by atoms with Crippen molar-refractivity contribution in [3.05, 3.63) is 33.8 Å². The molecule has 0 radical (unpaired) electrons. The minimum atomic E-state index is -0.977. The number of thiazole rings is 1. The molecule has 0 aromatic carbocycles. The van der Waals surface area contributed by atoms with Gasteiger partial charge in [-0.2, -0.15) is 0 Å². The molecule has 0 atom stereocenters. The van der Waals surface area contributed by atoms with E-state index >= 15 is 0 Å². The number of hydrogen-bond acceptors (Lipinski definition) is 4. The van der Waals surface area contributed by atoms with Crippen molar-refractivity contribution in [2.45, 2.75) is 20.4 Å². The number of aryl methyl sites for hydroxylation is 1.